The van der Waals surface area contributed by atoms with E-state index in [0.29, 0.717) is 43.2 Å². The van der Waals surface area contributed by atoms with Gasteiger partial charge in [0.1, 0.15) is 0 Å². The van der Waals surface area contributed by atoms with E-state index in [1.807, 2.05) is 13.8 Å². The molecule has 0 bridgehead atoms. The number of rotatable bonds is 5. The van der Waals surface area contributed by atoms with Gasteiger partial charge in [-0.05, 0) is 26.0 Å². The van der Waals surface area contributed by atoms with E-state index in [9.17, 15) is 13.2 Å². The molecule has 2 atom stereocenters. The molecule has 0 radical (unpaired) electrons. The fourth-order valence-electron chi connectivity index (χ4n) is 3.83. The Morgan fingerprint density at radius 1 is 1.00 bits per heavy atom. The Balaban J connectivity index is 1.68. The van der Waals surface area contributed by atoms with Gasteiger partial charge in [-0.3, -0.25) is 4.79 Å². The van der Waals surface area contributed by atoms with E-state index >= 15 is 0 Å². The third-order valence-corrected chi connectivity index (χ3v) is 7.17. The number of amides is 1. The second-order valence-electron chi connectivity index (χ2n) is 7.31. The highest BCUT2D eigenvalue weighted by Gasteiger charge is 2.37. The van der Waals surface area contributed by atoms with E-state index in [0.717, 1.165) is 0 Å². The van der Waals surface area contributed by atoms with Crippen molar-refractivity contribution in [2.75, 3.05) is 53.5 Å². The van der Waals surface area contributed by atoms with Gasteiger partial charge < -0.3 is 19.1 Å². The van der Waals surface area contributed by atoms with Crippen LogP contribution in [0.3, 0.4) is 0 Å². The van der Waals surface area contributed by atoms with Crippen LogP contribution in [-0.2, 0) is 14.9 Å². The third-order valence-electron chi connectivity index (χ3n) is 5.20. The van der Waals surface area contributed by atoms with Crippen molar-refractivity contribution >= 4 is 16.1 Å². The smallest absolute Gasteiger partial charge is 0.282 e. The first-order chi connectivity index (χ1) is 13.8. The zero-order valence-electron chi connectivity index (χ0n) is 17.3. The van der Waals surface area contributed by atoms with Crippen molar-refractivity contribution in [2.24, 2.45) is 0 Å². The van der Waals surface area contributed by atoms with Crippen LogP contribution >= 0.6 is 0 Å². The summed E-state index contributed by atoms with van der Waals surface area (Å²) >= 11 is 0. The van der Waals surface area contributed by atoms with Gasteiger partial charge in [0.25, 0.3) is 16.1 Å². The molecule has 3 rings (SSSR count). The van der Waals surface area contributed by atoms with E-state index in [1.165, 1.54) is 22.8 Å². The Bertz CT molecular complexity index is 828. The minimum absolute atomic E-state index is 0.142. The number of nitrogens with zero attached hydrogens (tertiary/aromatic N) is 3. The number of methoxy groups -OCH3 is 2. The normalized spacial score (nSPS) is 24.3. The standard InChI is InChI=1S/C19H29N3O6S/c1-14-12-22(13-15(2)28-14)29(24,25)21-10-8-20(9-11-21)19(23)16-6-5-7-17(26-3)18(16)27-4/h5-7,14-15H,8-13H2,1-4H3/t14-,15+. The molecule has 2 fully saturated rings. The highest BCUT2D eigenvalue weighted by Crippen LogP contribution is 2.31. The van der Waals surface area contributed by atoms with Gasteiger partial charge in [-0.1, -0.05) is 6.07 Å². The quantitative estimate of drug-likeness (QED) is 0.691. The summed E-state index contributed by atoms with van der Waals surface area (Å²) in [4.78, 5) is 14.6. The van der Waals surface area contributed by atoms with Crippen molar-refractivity contribution < 1.29 is 27.4 Å². The number of para-hydroxylation sites is 1. The lowest BCUT2D eigenvalue weighted by Gasteiger charge is -2.40. The Kier molecular flexibility index (Phi) is 6.67. The van der Waals surface area contributed by atoms with Gasteiger partial charge in [0.05, 0.1) is 32.0 Å². The predicted molar refractivity (Wildman–Crippen MR) is 108 cm³/mol. The molecule has 0 N–H and O–H groups in total. The van der Waals surface area contributed by atoms with Gasteiger partial charge in [-0.2, -0.15) is 17.0 Å². The van der Waals surface area contributed by atoms with Crippen molar-refractivity contribution in [3.63, 3.8) is 0 Å². The maximum absolute atomic E-state index is 13.0. The molecule has 0 saturated carbocycles. The Hall–Kier alpha value is -1.88. The van der Waals surface area contributed by atoms with Crippen molar-refractivity contribution in [1.82, 2.24) is 13.5 Å². The molecule has 9 nitrogen and oxygen atoms in total. The summed E-state index contributed by atoms with van der Waals surface area (Å²) in [7, 11) is -0.578. The lowest BCUT2D eigenvalue weighted by Crippen LogP contribution is -2.57. The lowest BCUT2D eigenvalue weighted by atomic mass is 10.1. The largest absolute Gasteiger partial charge is 0.493 e. The van der Waals surface area contributed by atoms with E-state index in [4.69, 9.17) is 14.2 Å². The van der Waals surface area contributed by atoms with Crippen LogP contribution in [0, 0.1) is 0 Å². The van der Waals surface area contributed by atoms with Crippen molar-refractivity contribution in [3.05, 3.63) is 23.8 Å². The first-order valence-electron chi connectivity index (χ1n) is 9.68. The van der Waals surface area contributed by atoms with Crippen LogP contribution < -0.4 is 9.47 Å². The number of ether oxygens (including phenoxy) is 3. The van der Waals surface area contributed by atoms with Gasteiger partial charge in [-0.15, -0.1) is 0 Å². The van der Waals surface area contributed by atoms with Crippen LogP contribution in [0.1, 0.15) is 24.2 Å². The van der Waals surface area contributed by atoms with E-state index in [-0.39, 0.29) is 31.2 Å². The number of benzene rings is 1. The molecule has 10 heteroatoms. The van der Waals surface area contributed by atoms with Gasteiger partial charge in [-0.25, -0.2) is 0 Å². The maximum Gasteiger partial charge on any atom is 0.282 e. The molecule has 0 spiro atoms. The van der Waals surface area contributed by atoms with Crippen molar-refractivity contribution in [3.8, 4) is 11.5 Å². The van der Waals surface area contributed by atoms with Gasteiger partial charge in [0, 0.05) is 39.3 Å². The molecule has 2 aliphatic heterocycles. The zero-order valence-corrected chi connectivity index (χ0v) is 18.1. The summed E-state index contributed by atoms with van der Waals surface area (Å²) in [6.07, 6.45) is -0.283. The number of carbonyl (C=O) groups excluding carboxylic acids is 1. The fourth-order valence-corrected chi connectivity index (χ4v) is 5.58. The fraction of sp³-hybridized carbons (Fsp3) is 0.632. The summed E-state index contributed by atoms with van der Waals surface area (Å²) in [6, 6.07) is 5.14. The van der Waals surface area contributed by atoms with Crippen LogP contribution in [-0.4, -0.2) is 93.5 Å². The summed E-state index contributed by atoms with van der Waals surface area (Å²) < 4.78 is 45.2. The Morgan fingerprint density at radius 2 is 1.62 bits per heavy atom. The van der Waals surface area contributed by atoms with E-state index < -0.39 is 10.2 Å². The summed E-state index contributed by atoms with van der Waals surface area (Å²) in [6.45, 7) is 5.55. The number of hydrogen-bond acceptors (Lipinski definition) is 6. The lowest BCUT2D eigenvalue weighted by molar-refractivity contribution is -0.0457. The molecule has 2 aliphatic rings. The number of hydrogen-bond donors (Lipinski definition) is 0. The van der Waals surface area contributed by atoms with Crippen molar-refractivity contribution in [1.29, 1.82) is 0 Å². The maximum atomic E-state index is 13.0. The predicted octanol–water partition coefficient (Wildman–Crippen LogP) is 0.816. The highest BCUT2D eigenvalue weighted by molar-refractivity contribution is 7.86. The minimum atomic E-state index is -3.58. The molecular formula is C19H29N3O6S. The number of morpholine rings is 1. The molecule has 1 aromatic carbocycles. The molecule has 1 aromatic rings. The summed E-state index contributed by atoms with van der Waals surface area (Å²) in [5, 5.41) is 0. The molecular weight excluding hydrogens is 398 g/mol. The molecule has 29 heavy (non-hydrogen) atoms. The molecule has 0 aliphatic carbocycles. The van der Waals surface area contributed by atoms with E-state index in [1.54, 1.807) is 23.1 Å². The first-order valence-corrected chi connectivity index (χ1v) is 11.1. The Morgan fingerprint density at radius 3 is 2.17 bits per heavy atom. The van der Waals surface area contributed by atoms with Crippen LogP contribution in [0.2, 0.25) is 0 Å². The molecule has 162 valence electrons. The third kappa shape index (κ3) is 4.50. The number of piperazine rings is 1. The summed E-state index contributed by atoms with van der Waals surface area (Å²) in [5.74, 6) is 0.660. The average Bonchev–Trinajstić information content (AvgIpc) is 2.71. The van der Waals surface area contributed by atoms with Crippen LogP contribution in [0.15, 0.2) is 18.2 Å². The molecule has 0 unspecified atom stereocenters. The van der Waals surface area contributed by atoms with Crippen LogP contribution in [0.25, 0.3) is 0 Å². The summed E-state index contributed by atoms with van der Waals surface area (Å²) in [5.41, 5.74) is 0.402. The second-order valence-corrected chi connectivity index (χ2v) is 9.24. The zero-order chi connectivity index (χ0) is 21.2. The first kappa shape index (κ1) is 21.8. The number of carbonyl (C=O) groups is 1. The molecule has 2 saturated heterocycles. The Labute approximate surface area is 172 Å². The average molecular weight is 428 g/mol. The van der Waals surface area contributed by atoms with Gasteiger partial charge in [0.15, 0.2) is 11.5 Å². The van der Waals surface area contributed by atoms with Crippen molar-refractivity contribution in [2.45, 2.75) is 26.1 Å². The molecule has 1 amide bonds. The van der Waals surface area contributed by atoms with Crippen LogP contribution in [0.4, 0.5) is 0 Å². The van der Waals surface area contributed by atoms with Gasteiger partial charge in [0.2, 0.25) is 0 Å². The monoisotopic (exact) mass is 427 g/mol. The minimum Gasteiger partial charge on any atom is -0.493 e. The highest BCUT2D eigenvalue weighted by atomic mass is 32.2. The molecule has 2 heterocycles. The van der Waals surface area contributed by atoms with Gasteiger partial charge >= 0.3 is 0 Å². The molecule has 0 aromatic heterocycles. The second kappa shape index (κ2) is 8.86. The van der Waals surface area contributed by atoms with E-state index in [2.05, 4.69) is 0 Å². The SMILES string of the molecule is COc1cccc(C(=O)N2CCN(S(=O)(=O)N3C[C@@H](C)O[C@@H](C)C3)CC2)c1OC. The topological polar surface area (TPSA) is 88.6 Å². The van der Waals surface area contributed by atoms with Crippen LogP contribution in [0.5, 0.6) is 11.5 Å².